The van der Waals surface area contributed by atoms with E-state index in [9.17, 15) is 4.79 Å². The van der Waals surface area contributed by atoms with Gasteiger partial charge in [0.05, 0.1) is 37.0 Å². The van der Waals surface area contributed by atoms with Crippen molar-refractivity contribution >= 4 is 28.4 Å². The van der Waals surface area contributed by atoms with Crippen molar-refractivity contribution in [3.63, 3.8) is 0 Å². The average molecular weight is 448 g/mol. The Hall–Kier alpha value is -3.64. The van der Waals surface area contributed by atoms with Gasteiger partial charge in [0.2, 0.25) is 0 Å². The Morgan fingerprint density at radius 2 is 1.84 bits per heavy atom. The first-order valence-corrected chi connectivity index (χ1v) is 10.4. The lowest BCUT2D eigenvalue weighted by Gasteiger charge is -2.18. The Labute approximate surface area is 191 Å². The highest BCUT2D eigenvalue weighted by molar-refractivity contribution is 6.31. The van der Waals surface area contributed by atoms with Gasteiger partial charge in [0, 0.05) is 28.4 Å². The molecule has 1 amide bonds. The Bertz CT molecular complexity index is 1280. The number of hydrogen-bond donors (Lipinski definition) is 1. The first-order chi connectivity index (χ1) is 15.5. The Kier molecular flexibility index (Phi) is 6.23. The summed E-state index contributed by atoms with van der Waals surface area (Å²) in [6.45, 7) is 1.91. The van der Waals surface area contributed by atoms with E-state index in [2.05, 4.69) is 10.3 Å². The first kappa shape index (κ1) is 21.6. The van der Waals surface area contributed by atoms with Crippen LogP contribution in [0.5, 0.6) is 11.5 Å². The van der Waals surface area contributed by atoms with Crippen LogP contribution in [0.15, 0.2) is 67.0 Å². The van der Waals surface area contributed by atoms with Crippen LogP contribution in [0.3, 0.4) is 0 Å². The molecule has 0 saturated carbocycles. The van der Waals surface area contributed by atoms with Gasteiger partial charge in [0.1, 0.15) is 0 Å². The molecule has 2 aromatic carbocycles. The number of amides is 1. The molecule has 1 N–H and O–H groups in total. The lowest BCUT2D eigenvalue weighted by molar-refractivity contribution is 0.0941. The molecule has 0 spiro atoms. The van der Waals surface area contributed by atoms with Crippen molar-refractivity contribution in [3.8, 4) is 22.8 Å². The van der Waals surface area contributed by atoms with Gasteiger partial charge < -0.3 is 14.8 Å². The van der Waals surface area contributed by atoms with Crippen molar-refractivity contribution in [2.45, 2.75) is 13.0 Å². The van der Waals surface area contributed by atoms with Crippen LogP contribution in [0.4, 0.5) is 0 Å². The number of nitrogens with one attached hydrogen (secondary N) is 1. The molecule has 2 heterocycles. The van der Waals surface area contributed by atoms with Crippen LogP contribution in [0.1, 0.15) is 28.9 Å². The van der Waals surface area contributed by atoms with Gasteiger partial charge in [0.15, 0.2) is 11.5 Å². The number of fused-ring (bicyclic) bond motifs is 1. The van der Waals surface area contributed by atoms with Crippen molar-refractivity contribution in [1.82, 2.24) is 15.3 Å². The summed E-state index contributed by atoms with van der Waals surface area (Å²) >= 11 is 6.22. The van der Waals surface area contributed by atoms with Gasteiger partial charge in [-0.15, -0.1) is 0 Å². The number of carbonyl (C=O) groups is 1. The van der Waals surface area contributed by atoms with Crippen molar-refractivity contribution in [1.29, 1.82) is 0 Å². The number of ether oxygens (including phenoxy) is 2. The molecular weight excluding hydrogens is 426 g/mol. The van der Waals surface area contributed by atoms with Crippen LogP contribution < -0.4 is 14.8 Å². The van der Waals surface area contributed by atoms with E-state index < -0.39 is 0 Å². The summed E-state index contributed by atoms with van der Waals surface area (Å²) < 4.78 is 10.7. The summed E-state index contributed by atoms with van der Waals surface area (Å²) in [7, 11) is 3.17. The van der Waals surface area contributed by atoms with E-state index in [0.29, 0.717) is 38.7 Å². The molecule has 6 nitrogen and oxygen atoms in total. The van der Waals surface area contributed by atoms with Crippen LogP contribution >= 0.6 is 11.6 Å². The molecule has 0 saturated heterocycles. The molecule has 0 aliphatic heterocycles. The Balaban J connectivity index is 1.72. The molecular formula is C25H22ClN3O3. The molecule has 0 bridgehead atoms. The van der Waals surface area contributed by atoms with Crippen LogP contribution in [0.25, 0.3) is 22.2 Å². The Morgan fingerprint density at radius 1 is 1.03 bits per heavy atom. The lowest BCUT2D eigenvalue weighted by atomic mass is 10.0. The standard InChI is InChI=1S/C25H22ClN3O3/c1-15(16-6-9-23(31-2)24(11-16)32-3)28-25(30)20-13-22(17-5-4-10-27-14-17)29-21-8-7-18(26)12-19(20)21/h4-15H,1-3H3,(H,28,30)/t15-/m0/s1. The van der Waals surface area contributed by atoms with Gasteiger partial charge in [-0.05, 0) is 61.0 Å². The van der Waals surface area contributed by atoms with E-state index in [1.807, 2.05) is 43.3 Å². The van der Waals surface area contributed by atoms with E-state index in [0.717, 1.165) is 11.1 Å². The fourth-order valence-corrected chi connectivity index (χ4v) is 3.70. The fraction of sp³-hybridized carbons (Fsp3) is 0.160. The minimum Gasteiger partial charge on any atom is -0.493 e. The largest absolute Gasteiger partial charge is 0.493 e. The van der Waals surface area contributed by atoms with Crippen molar-refractivity contribution < 1.29 is 14.3 Å². The minimum absolute atomic E-state index is 0.230. The number of hydrogen-bond acceptors (Lipinski definition) is 5. The number of aromatic nitrogens is 2. The van der Waals surface area contributed by atoms with Gasteiger partial charge in [-0.2, -0.15) is 0 Å². The van der Waals surface area contributed by atoms with Crippen LogP contribution in [0.2, 0.25) is 5.02 Å². The molecule has 162 valence electrons. The fourth-order valence-electron chi connectivity index (χ4n) is 3.53. The van der Waals surface area contributed by atoms with E-state index in [1.54, 1.807) is 44.8 Å². The normalized spacial score (nSPS) is 11.8. The SMILES string of the molecule is COc1ccc([C@H](C)NC(=O)c2cc(-c3cccnc3)nc3ccc(Cl)cc23)cc1OC. The number of nitrogens with zero attached hydrogens (tertiary/aromatic N) is 2. The molecule has 0 aliphatic rings. The number of methoxy groups -OCH3 is 2. The number of pyridine rings is 2. The number of halogens is 1. The summed E-state index contributed by atoms with van der Waals surface area (Å²) in [5.74, 6) is 1.00. The highest BCUT2D eigenvalue weighted by Crippen LogP contribution is 2.31. The minimum atomic E-state index is -0.272. The zero-order chi connectivity index (χ0) is 22.7. The van der Waals surface area contributed by atoms with Crippen molar-refractivity contribution in [2.75, 3.05) is 14.2 Å². The first-order valence-electron chi connectivity index (χ1n) is 10.0. The maximum Gasteiger partial charge on any atom is 0.252 e. The van der Waals surface area contributed by atoms with Crippen molar-refractivity contribution in [2.24, 2.45) is 0 Å². The van der Waals surface area contributed by atoms with E-state index in [1.165, 1.54) is 0 Å². The van der Waals surface area contributed by atoms with Crippen LogP contribution in [0, 0.1) is 0 Å². The molecule has 7 heteroatoms. The molecule has 0 radical (unpaired) electrons. The van der Waals surface area contributed by atoms with Gasteiger partial charge in [0.25, 0.3) is 5.91 Å². The molecule has 0 aliphatic carbocycles. The predicted octanol–water partition coefficient (Wildman–Crippen LogP) is 5.46. The molecule has 0 unspecified atom stereocenters. The van der Waals surface area contributed by atoms with Crippen LogP contribution in [-0.2, 0) is 0 Å². The van der Waals surface area contributed by atoms with Crippen molar-refractivity contribution in [3.05, 3.63) is 83.1 Å². The molecule has 0 fully saturated rings. The summed E-state index contributed by atoms with van der Waals surface area (Å²) in [6.07, 6.45) is 3.42. The highest BCUT2D eigenvalue weighted by Gasteiger charge is 2.18. The monoisotopic (exact) mass is 447 g/mol. The van der Waals surface area contributed by atoms with Gasteiger partial charge in [-0.25, -0.2) is 4.98 Å². The zero-order valence-corrected chi connectivity index (χ0v) is 18.7. The maximum atomic E-state index is 13.4. The molecule has 4 aromatic rings. The second-order valence-electron chi connectivity index (χ2n) is 7.27. The zero-order valence-electron chi connectivity index (χ0n) is 17.9. The third-order valence-electron chi connectivity index (χ3n) is 5.23. The second kappa shape index (κ2) is 9.24. The van der Waals surface area contributed by atoms with E-state index in [-0.39, 0.29) is 11.9 Å². The summed E-state index contributed by atoms with van der Waals surface area (Å²) in [4.78, 5) is 22.2. The van der Waals surface area contributed by atoms with Gasteiger partial charge in [-0.3, -0.25) is 9.78 Å². The van der Waals surface area contributed by atoms with Gasteiger partial charge in [-0.1, -0.05) is 17.7 Å². The van der Waals surface area contributed by atoms with E-state index in [4.69, 9.17) is 26.1 Å². The van der Waals surface area contributed by atoms with E-state index >= 15 is 0 Å². The molecule has 1 atom stereocenters. The van der Waals surface area contributed by atoms with Gasteiger partial charge >= 0.3 is 0 Å². The van der Waals surface area contributed by atoms with Crippen LogP contribution in [-0.4, -0.2) is 30.1 Å². The number of carbonyl (C=O) groups excluding carboxylic acids is 1. The summed E-state index contributed by atoms with van der Waals surface area (Å²) in [5, 5.41) is 4.29. The highest BCUT2D eigenvalue weighted by atomic mass is 35.5. The second-order valence-corrected chi connectivity index (χ2v) is 7.70. The quantitative estimate of drug-likeness (QED) is 0.425. The topological polar surface area (TPSA) is 73.3 Å². The average Bonchev–Trinajstić information content (AvgIpc) is 2.83. The third-order valence-corrected chi connectivity index (χ3v) is 5.46. The lowest BCUT2D eigenvalue weighted by Crippen LogP contribution is -2.27. The Morgan fingerprint density at radius 3 is 2.56 bits per heavy atom. The third kappa shape index (κ3) is 4.36. The molecule has 2 aromatic heterocycles. The summed E-state index contributed by atoms with van der Waals surface area (Å²) in [5.41, 5.74) is 3.55. The summed E-state index contributed by atoms with van der Waals surface area (Å²) in [6, 6.07) is 16.1. The number of rotatable bonds is 6. The number of benzene rings is 2. The maximum absolute atomic E-state index is 13.4. The smallest absolute Gasteiger partial charge is 0.252 e. The predicted molar refractivity (Wildman–Crippen MR) is 125 cm³/mol. The molecule has 4 rings (SSSR count). The molecule has 32 heavy (non-hydrogen) atoms.